The minimum atomic E-state index is -1.19. The average molecular weight is 272 g/mol. The number of para-hydroxylation sites is 2. The molecule has 7 heteroatoms. The summed E-state index contributed by atoms with van der Waals surface area (Å²) < 4.78 is 0. The van der Waals surface area contributed by atoms with Crippen LogP contribution in [-0.2, 0) is 4.79 Å². The molecule has 7 nitrogen and oxygen atoms in total. The quantitative estimate of drug-likeness (QED) is 0.639. The molecule has 0 saturated heterocycles. The molecular weight excluding hydrogens is 260 g/mol. The van der Waals surface area contributed by atoms with E-state index < -0.39 is 6.09 Å². The number of benzene rings is 1. The standard InChI is InChI=1S/C13H12N4O3/c18-12(6-5-9-7-14-15-8-9)16-10-3-1-2-4-11(10)17-13(19)20/h1-8,17H,(H,14,15)(H,16,18)(H,19,20). The van der Waals surface area contributed by atoms with Crippen LogP contribution in [0.5, 0.6) is 0 Å². The van der Waals surface area contributed by atoms with Crippen molar-refractivity contribution >= 4 is 29.5 Å². The second-order valence-electron chi connectivity index (χ2n) is 3.83. The molecule has 20 heavy (non-hydrogen) atoms. The molecule has 102 valence electrons. The van der Waals surface area contributed by atoms with Crippen LogP contribution in [0.4, 0.5) is 16.2 Å². The van der Waals surface area contributed by atoms with Gasteiger partial charge in [-0.2, -0.15) is 5.10 Å². The van der Waals surface area contributed by atoms with Crippen LogP contribution in [0.25, 0.3) is 6.08 Å². The number of hydrogen-bond donors (Lipinski definition) is 4. The van der Waals surface area contributed by atoms with E-state index in [2.05, 4.69) is 20.8 Å². The first-order chi connectivity index (χ1) is 9.65. The average Bonchev–Trinajstić information content (AvgIpc) is 2.91. The number of aromatic amines is 1. The molecule has 0 fully saturated rings. The summed E-state index contributed by atoms with van der Waals surface area (Å²) in [4.78, 5) is 22.4. The van der Waals surface area contributed by atoms with Crippen LogP contribution in [0.2, 0.25) is 0 Å². The first-order valence-electron chi connectivity index (χ1n) is 5.72. The second kappa shape index (κ2) is 6.19. The highest BCUT2D eigenvalue weighted by molar-refractivity contribution is 6.04. The van der Waals surface area contributed by atoms with E-state index in [9.17, 15) is 9.59 Å². The topological polar surface area (TPSA) is 107 Å². The summed E-state index contributed by atoms with van der Waals surface area (Å²) in [5.74, 6) is -0.370. The highest BCUT2D eigenvalue weighted by atomic mass is 16.4. The third kappa shape index (κ3) is 3.70. The van der Waals surface area contributed by atoms with Gasteiger partial charge in [0.05, 0.1) is 17.6 Å². The molecule has 2 amide bonds. The molecule has 0 radical (unpaired) electrons. The molecule has 2 rings (SSSR count). The van der Waals surface area contributed by atoms with Crippen molar-refractivity contribution in [1.82, 2.24) is 10.2 Å². The number of hydrogen-bond acceptors (Lipinski definition) is 3. The number of amides is 2. The number of anilines is 2. The van der Waals surface area contributed by atoms with Crippen molar-refractivity contribution in [3.05, 3.63) is 48.3 Å². The van der Waals surface area contributed by atoms with Gasteiger partial charge in [-0.1, -0.05) is 12.1 Å². The zero-order valence-electron chi connectivity index (χ0n) is 10.3. The molecule has 0 aliphatic heterocycles. The first-order valence-corrected chi connectivity index (χ1v) is 5.72. The lowest BCUT2D eigenvalue weighted by Crippen LogP contribution is -2.13. The lowest BCUT2D eigenvalue weighted by molar-refractivity contribution is -0.111. The molecule has 0 aliphatic rings. The fourth-order valence-electron chi connectivity index (χ4n) is 1.51. The molecule has 1 aromatic heterocycles. The Kier molecular flexibility index (Phi) is 4.13. The molecule has 2 aromatic rings. The molecule has 0 bridgehead atoms. The first kappa shape index (κ1) is 13.3. The lowest BCUT2D eigenvalue weighted by atomic mass is 10.2. The largest absolute Gasteiger partial charge is 0.465 e. The molecule has 1 aromatic carbocycles. The summed E-state index contributed by atoms with van der Waals surface area (Å²) in [6, 6.07) is 6.53. The van der Waals surface area contributed by atoms with Crippen LogP contribution in [0, 0.1) is 0 Å². The van der Waals surface area contributed by atoms with E-state index in [-0.39, 0.29) is 5.91 Å². The minimum Gasteiger partial charge on any atom is -0.465 e. The molecule has 0 saturated carbocycles. The van der Waals surface area contributed by atoms with Crippen molar-refractivity contribution in [1.29, 1.82) is 0 Å². The van der Waals surface area contributed by atoms with Gasteiger partial charge in [-0.3, -0.25) is 15.2 Å². The van der Waals surface area contributed by atoms with E-state index in [0.29, 0.717) is 11.4 Å². The highest BCUT2D eigenvalue weighted by Gasteiger charge is 2.06. The SMILES string of the molecule is O=C(O)Nc1ccccc1NC(=O)C=Cc1cn[nH]c1. The fourth-order valence-corrected chi connectivity index (χ4v) is 1.51. The van der Waals surface area contributed by atoms with Gasteiger partial charge >= 0.3 is 6.09 Å². The molecule has 4 N–H and O–H groups in total. The van der Waals surface area contributed by atoms with E-state index in [4.69, 9.17) is 5.11 Å². The van der Waals surface area contributed by atoms with Gasteiger partial charge in [0, 0.05) is 17.8 Å². The summed E-state index contributed by atoms with van der Waals surface area (Å²) in [5, 5.41) is 19.9. The smallest absolute Gasteiger partial charge is 0.409 e. The summed E-state index contributed by atoms with van der Waals surface area (Å²) in [7, 11) is 0. The van der Waals surface area contributed by atoms with E-state index in [1.54, 1.807) is 42.7 Å². The fraction of sp³-hybridized carbons (Fsp3) is 0. The summed E-state index contributed by atoms with van der Waals surface area (Å²) in [5.41, 5.74) is 1.46. The minimum absolute atomic E-state index is 0.310. The zero-order chi connectivity index (χ0) is 14.4. The highest BCUT2D eigenvalue weighted by Crippen LogP contribution is 2.20. The van der Waals surface area contributed by atoms with Crippen molar-refractivity contribution in [2.75, 3.05) is 10.6 Å². The second-order valence-corrected chi connectivity index (χ2v) is 3.83. The van der Waals surface area contributed by atoms with E-state index in [1.165, 1.54) is 6.08 Å². The van der Waals surface area contributed by atoms with Crippen LogP contribution < -0.4 is 10.6 Å². The third-order valence-electron chi connectivity index (χ3n) is 2.37. The van der Waals surface area contributed by atoms with Gasteiger partial charge in [0.2, 0.25) is 5.91 Å². The predicted molar refractivity (Wildman–Crippen MR) is 74.3 cm³/mol. The molecule has 1 heterocycles. The van der Waals surface area contributed by atoms with Crippen molar-refractivity contribution < 1.29 is 14.7 Å². The van der Waals surface area contributed by atoms with Gasteiger partial charge in [0.15, 0.2) is 0 Å². The number of H-pyrrole nitrogens is 1. The Balaban J connectivity index is 2.06. The predicted octanol–water partition coefficient (Wildman–Crippen LogP) is 2.15. The normalized spacial score (nSPS) is 10.4. The van der Waals surface area contributed by atoms with Crippen LogP contribution in [-0.4, -0.2) is 27.3 Å². The number of carbonyl (C=O) groups excluding carboxylic acids is 1. The van der Waals surface area contributed by atoms with Gasteiger partial charge in [-0.15, -0.1) is 0 Å². The number of nitrogens with one attached hydrogen (secondary N) is 3. The van der Waals surface area contributed by atoms with Gasteiger partial charge in [0.1, 0.15) is 0 Å². The van der Waals surface area contributed by atoms with Crippen LogP contribution >= 0.6 is 0 Å². The maximum atomic E-state index is 11.7. The number of nitrogens with zero attached hydrogens (tertiary/aromatic N) is 1. The maximum Gasteiger partial charge on any atom is 0.409 e. The van der Waals surface area contributed by atoms with Gasteiger partial charge in [-0.05, 0) is 18.2 Å². The Labute approximate surface area is 114 Å². The maximum absolute atomic E-state index is 11.7. The van der Waals surface area contributed by atoms with Crippen LogP contribution in [0.15, 0.2) is 42.7 Å². The Morgan fingerprint density at radius 3 is 2.50 bits per heavy atom. The van der Waals surface area contributed by atoms with E-state index in [1.807, 2.05) is 0 Å². The van der Waals surface area contributed by atoms with Crippen LogP contribution in [0.1, 0.15) is 5.56 Å². The molecule has 0 unspecified atom stereocenters. The Morgan fingerprint density at radius 1 is 1.20 bits per heavy atom. The molecule has 0 aliphatic carbocycles. The van der Waals surface area contributed by atoms with Crippen molar-refractivity contribution in [2.24, 2.45) is 0 Å². The zero-order valence-corrected chi connectivity index (χ0v) is 10.3. The van der Waals surface area contributed by atoms with Crippen LogP contribution in [0.3, 0.4) is 0 Å². The monoisotopic (exact) mass is 272 g/mol. The van der Waals surface area contributed by atoms with Crippen molar-refractivity contribution in [3.63, 3.8) is 0 Å². The van der Waals surface area contributed by atoms with Crippen molar-refractivity contribution in [3.8, 4) is 0 Å². The summed E-state index contributed by atoms with van der Waals surface area (Å²) in [6.45, 7) is 0. The number of rotatable bonds is 4. The van der Waals surface area contributed by atoms with Gasteiger partial charge in [0.25, 0.3) is 0 Å². The van der Waals surface area contributed by atoms with Crippen molar-refractivity contribution in [2.45, 2.75) is 0 Å². The van der Waals surface area contributed by atoms with E-state index >= 15 is 0 Å². The molecular formula is C13H12N4O3. The Bertz CT molecular complexity index is 635. The summed E-state index contributed by atoms with van der Waals surface area (Å²) in [6.07, 6.45) is 4.95. The van der Waals surface area contributed by atoms with Gasteiger partial charge in [-0.25, -0.2) is 4.79 Å². The van der Waals surface area contributed by atoms with Gasteiger partial charge < -0.3 is 10.4 Å². The lowest BCUT2D eigenvalue weighted by Gasteiger charge is -2.08. The number of aromatic nitrogens is 2. The summed E-state index contributed by atoms with van der Waals surface area (Å²) >= 11 is 0. The Morgan fingerprint density at radius 2 is 1.90 bits per heavy atom. The van der Waals surface area contributed by atoms with E-state index in [0.717, 1.165) is 5.56 Å². The Hall–Kier alpha value is -3.09. The third-order valence-corrected chi connectivity index (χ3v) is 2.37. The molecule has 0 atom stereocenters. The number of carboxylic acid groups (broad SMARTS) is 1. The molecule has 0 spiro atoms. The number of carbonyl (C=O) groups is 2.